The Labute approximate surface area is 123 Å². The Kier molecular flexibility index (Phi) is 3.16. The Bertz CT molecular complexity index is 636. The van der Waals surface area contributed by atoms with Gasteiger partial charge >= 0.3 is 0 Å². The van der Waals surface area contributed by atoms with Crippen LogP contribution in [0, 0.1) is 0 Å². The molecule has 2 aliphatic rings. The van der Waals surface area contributed by atoms with Crippen LogP contribution in [0.1, 0.15) is 24.5 Å². The van der Waals surface area contributed by atoms with Crippen molar-refractivity contribution in [1.82, 2.24) is 4.90 Å². The van der Waals surface area contributed by atoms with Crippen molar-refractivity contribution in [2.75, 3.05) is 20.1 Å². The average Bonchev–Trinajstić information content (AvgIpc) is 3.06. The fourth-order valence-corrected chi connectivity index (χ4v) is 2.48. The number of amidine groups is 1. The number of aliphatic imine (C=N–C) groups is 1. The van der Waals surface area contributed by atoms with Gasteiger partial charge in [-0.05, 0) is 12.5 Å². The lowest BCUT2D eigenvalue weighted by Crippen LogP contribution is -2.41. The molecular formula is C15H18N4O2. The van der Waals surface area contributed by atoms with Crippen molar-refractivity contribution in [3.63, 3.8) is 0 Å². The SMILES string of the molecule is CN1CCN=C1c1ccc(C2=NOC(C)(C(N)=O)C2)cc1. The molecule has 0 bridgehead atoms. The van der Waals surface area contributed by atoms with Crippen LogP contribution in [0.25, 0.3) is 0 Å². The third-order valence-electron chi connectivity index (χ3n) is 3.92. The lowest BCUT2D eigenvalue weighted by molar-refractivity contribution is -0.138. The molecule has 3 rings (SSSR count). The minimum absolute atomic E-state index is 0.391. The molecule has 1 atom stereocenters. The molecule has 0 aromatic heterocycles. The van der Waals surface area contributed by atoms with Gasteiger partial charge in [0.1, 0.15) is 5.84 Å². The van der Waals surface area contributed by atoms with E-state index in [1.54, 1.807) is 6.92 Å². The van der Waals surface area contributed by atoms with Crippen molar-refractivity contribution in [1.29, 1.82) is 0 Å². The number of likely N-dealkylation sites (N-methyl/N-ethyl adjacent to an activating group) is 1. The molecule has 2 N–H and O–H groups in total. The largest absolute Gasteiger partial charge is 0.379 e. The van der Waals surface area contributed by atoms with Gasteiger partial charge in [0.15, 0.2) is 0 Å². The number of nitrogens with two attached hydrogens (primary N) is 1. The van der Waals surface area contributed by atoms with Gasteiger partial charge in [-0.2, -0.15) is 0 Å². The van der Waals surface area contributed by atoms with Crippen molar-refractivity contribution in [3.8, 4) is 0 Å². The van der Waals surface area contributed by atoms with Crippen LogP contribution in [0.2, 0.25) is 0 Å². The standard InChI is InChI=1S/C15H18N4O2/c1-15(14(16)20)9-12(18-21-15)10-3-5-11(6-4-10)13-17-7-8-19(13)2/h3-6H,7-9H2,1-2H3,(H2,16,20). The van der Waals surface area contributed by atoms with Gasteiger partial charge in [-0.1, -0.05) is 29.4 Å². The highest BCUT2D eigenvalue weighted by atomic mass is 16.7. The van der Waals surface area contributed by atoms with E-state index in [4.69, 9.17) is 10.6 Å². The van der Waals surface area contributed by atoms with E-state index >= 15 is 0 Å². The van der Waals surface area contributed by atoms with Crippen LogP contribution in [-0.2, 0) is 9.63 Å². The van der Waals surface area contributed by atoms with Gasteiger partial charge in [0.2, 0.25) is 5.60 Å². The molecule has 0 aliphatic carbocycles. The maximum Gasteiger partial charge on any atom is 0.264 e. The van der Waals surface area contributed by atoms with Crippen LogP contribution < -0.4 is 5.73 Å². The van der Waals surface area contributed by atoms with Gasteiger partial charge in [-0.25, -0.2) is 0 Å². The van der Waals surface area contributed by atoms with E-state index in [1.807, 2.05) is 31.3 Å². The van der Waals surface area contributed by atoms with E-state index < -0.39 is 11.5 Å². The lowest BCUT2D eigenvalue weighted by Gasteiger charge is -2.16. The second-order valence-corrected chi connectivity index (χ2v) is 5.61. The molecule has 0 spiro atoms. The molecule has 21 heavy (non-hydrogen) atoms. The zero-order chi connectivity index (χ0) is 15.0. The molecule has 1 unspecified atom stereocenters. The van der Waals surface area contributed by atoms with Gasteiger partial charge in [0.25, 0.3) is 5.91 Å². The summed E-state index contributed by atoms with van der Waals surface area (Å²) in [6.07, 6.45) is 0.391. The third-order valence-corrected chi connectivity index (χ3v) is 3.92. The molecule has 2 aliphatic heterocycles. The van der Waals surface area contributed by atoms with Gasteiger partial charge in [0, 0.05) is 25.6 Å². The zero-order valence-corrected chi connectivity index (χ0v) is 12.2. The molecule has 1 aromatic rings. The van der Waals surface area contributed by atoms with Crippen molar-refractivity contribution in [3.05, 3.63) is 35.4 Å². The summed E-state index contributed by atoms with van der Waals surface area (Å²) in [6, 6.07) is 7.97. The number of amides is 1. The Hall–Kier alpha value is -2.37. The number of benzene rings is 1. The minimum atomic E-state index is -1.04. The monoisotopic (exact) mass is 286 g/mol. The van der Waals surface area contributed by atoms with Gasteiger partial charge < -0.3 is 15.5 Å². The van der Waals surface area contributed by atoms with Crippen LogP contribution in [0.15, 0.2) is 34.4 Å². The predicted octanol–water partition coefficient (Wildman–Crippen LogP) is 0.747. The first-order valence-corrected chi connectivity index (χ1v) is 6.91. The molecular weight excluding hydrogens is 268 g/mol. The first kappa shape index (κ1) is 13.6. The van der Waals surface area contributed by atoms with Gasteiger partial charge in [0.05, 0.1) is 12.3 Å². The Morgan fingerprint density at radius 3 is 2.52 bits per heavy atom. The van der Waals surface area contributed by atoms with Crippen LogP contribution >= 0.6 is 0 Å². The summed E-state index contributed by atoms with van der Waals surface area (Å²) in [4.78, 5) is 23.2. The molecule has 1 aromatic carbocycles. The van der Waals surface area contributed by atoms with Gasteiger partial charge in [-0.15, -0.1) is 0 Å². The first-order valence-electron chi connectivity index (χ1n) is 6.91. The highest BCUT2D eigenvalue weighted by molar-refractivity contribution is 6.06. The fourth-order valence-electron chi connectivity index (χ4n) is 2.48. The summed E-state index contributed by atoms with van der Waals surface area (Å²) in [5.41, 5.74) is 7.05. The lowest BCUT2D eigenvalue weighted by atomic mass is 9.95. The molecule has 6 heteroatoms. The maximum absolute atomic E-state index is 11.4. The fraction of sp³-hybridized carbons (Fsp3) is 0.400. The topological polar surface area (TPSA) is 80.3 Å². The minimum Gasteiger partial charge on any atom is -0.379 e. The molecule has 6 nitrogen and oxygen atoms in total. The smallest absolute Gasteiger partial charge is 0.264 e. The summed E-state index contributed by atoms with van der Waals surface area (Å²) in [5, 5.41) is 4.00. The van der Waals surface area contributed by atoms with Crippen molar-refractivity contribution < 1.29 is 9.63 Å². The normalized spacial score (nSPS) is 24.6. The highest BCUT2D eigenvalue weighted by Crippen LogP contribution is 2.26. The van der Waals surface area contributed by atoms with E-state index in [0.717, 1.165) is 35.8 Å². The number of primary amides is 1. The molecule has 0 fully saturated rings. The number of nitrogens with zero attached hydrogens (tertiary/aromatic N) is 3. The van der Waals surface area contributed by atoms with Crippen LogP contribution in [0.5, 0.6) is 0 Å². The molecule has 0 radical (unpaired) electrons. The Morgan fingerprint density at radius 2 is 2.00 bits per heavy atom. The molecule has 1 amide bonds. The van der Waals surface area contributed by atoms with Crippen LogP contribution in [-0.4, -0.2) is 48.1 Å². The zero-order valence-electron chi connectivity index (χ0n) is 12.2. The summed E-state index contributed by atoms with van der Waals surface area (Å²) in [5.74, 6) is 0.507. The molecule has 2 heterocycles. The van der Waals surface area contributed by atoms with Gasteiger partial charge in [-0.3, -0.25) is 9.79 Å². The van der Waals surface area contributed by atoms with E-state index in [-0.39, 0.29) is 0 Å². The number of hydrogen-bond acceptors (Lipinski definition) is 5. The van der Waals surface area contributed by atoms with E-state index in [0.29, 0.717) is 6.42 Å². The van der Waals surface area contributed by atoms with Crippen molar-refractivity contribution in [2.24, 2.45) is 15.9 Å². The average molecular weight is 286 g/mol. The summed E-state index contributed by atoms with van der Waals surface area (Å²) in [6.45, 7) is 3.45. The predicted molar refractivity (Wildman–Crippen MR) is 80.3 cm³/mol. The van der Waals surface area contributed by atoms with Crippen LogP contribution in [0.3, 0.4) is 0 Å². The van der Waals surface area contributed by atoms with Crippen LogP contribution in [0.4, 0.5) is 0 Å². The second-order valence-electron chi connectivity index (χ2n) is 5.61. The summed E-state index contributed by atoms with van der Waals surface area (Å²) < 4.78 is 0. The maximum atomic E-state index is 11.4. The number of oxime groups is 1. The van der Waals surface area contributed by atoms with Crippen molar-refractivity contribution >= 4 is 17.5 Å². The number of hydrogen-bond donors (Lipinski definition) is 1. The van der Waals surface area contributed by atoms with E-state index in [1.165, 1.54) is 0 Å². The Morgan fingerprint density at radius 1 is 1.33 bits per heavy atom. The first-order chi connectivity index (χ1) is 9.99. The number of rotatable bonds is 3. The Balaban J connectivity index is 1.78. The van der Waals surface area contributed by atoms with E-state index in [9.17, 15) is 4.79 Å². The molecule has 0 saturated carbocycles. The quantitative estimate of drug-likeness (QED) is 0.890. The summed E-state index contributed by atoms with van der Waals surface area (Å²) >= 11 is 0. The molecule has 110 valence electrons. The van der Waals surface area contributed by atoms with E-state index in [2.05, 4.69) is 15.0 Å². The third kappa shape index (κ3) is 2.37. The number of carbonyl (C=O) groups excluding carboxylic acids is 1. The second kappa shape index (κ2) is 4.87. The highest BCUT2D eigenvalue weighted by Gasteiger charge is 2.40. The number of carbonyl (C=O) groups is 1. The molecule has 0 saturated heterocycles. The summed E-state index contributed by atoms with van der Waals surface area (Å²) in [7, 11) is 2.03. The van der Waals surface area contributed by atoms with Crippen molar-refractivity contribution in [2.45, 2.75) is 18.9 Å².